The van der Waals surface area contributed by atoms with Crippen LogP contribution >= 0.6 is 0 Å². The molecule has 19 rings (SSSR count). The maximum Gasteiger partial charge on any atom is 0.252 e. The number of benzene rings is 17. The van der Waals surface area contributed by atoms with Gasteiger partial charge in [0.2, 0.25) is 0 Å². The number of hydrogen-bond donors (Lipinski definition) is 0. The van der Waals surface area contributed by atoms with Crippen molar-refractivity contribution in [1.29, 1.82) is 0 Å². The summed E-state index contributed by atoms with van der Waals surface area (Å²) in [5, 5.41) is 15.4. The Morgan fingerprint density at radius 1 is 0.247 bits per heavy atom. The van der Waals surface area contributed by atoms with E-state index in [1.807, 2.05) is 0 Å². The van der Waals surface area contributed by atoms with Crippen LogP contribution in [0.4, 0.5) is 34.1 Å². The molecule has 0 atom stereocenters. The van der Waals surface area contributed by atoms with Gasteiger partial charge in [0.1, 0.15) is 0 Å². The molecule has 2 nitrogen and oxygen atoms in total. The third-order valence-corrected chi connectivity index (χ3v) is 20.5. The van der Waals surface area contributed by atoms with Crippen LogP contribution in [0.25, 0.3) is 131 Å². The molecule has 0 saturated heterocycles. The lowest BCUT2D eigenvalue weighted by Gasteiger charge is -2.46. The van der Waals surface area contributed by atoms with Gasteiger partial charge in [-0.3, -0.25) is 0 Å². The van der Waals surface area contributed by atoms with Crippen molar-refractivity contribution in [3.05, 3.63) is 321 Å². The highest BCUT2D eigenvalue weighted by atomic mass is 15.2. The number of hydrogen-bond acceptors (Lipinski definition) is 2. The first-order valence-corrected chi connectivity index (χ1v) is 32.7. The van der Waals surface area contributed by atoms with Crippen LogP contribution < -0.4 is 26.2 Å². The number of para-hydroxylation sites is 2. The molecular formula is C90H61BN2. The van der Waals surface area contributed by atoms with E-state index in [1.165, 1.54) is 120 Å². The molecule has 17 aromatic rings. The second-order valence-electron chi connectivity index (χ2n) is 26.6. The van der Waals surface area contributed by atoms with Crippen molar-refractivity contribution < 1.29 is 0 Å². The van der Waals surface area contributed by atoms with Crippen molar-refractivity contribution in [1.82, 2.24) is 0 Å². The van der Waals surface area contributed by atoms with E-state index in [0.717, 1.165) is 67.3 Å². The van der Waals surface area contributed by atoms with Gasteiger partial charge in [0, 0.05) is 45.0 Å². The second-order valence-corrected chi connectivity index (χ2v) is 26.6. The van der Waals surface area contributed by atoms with Gasteiger partial charge in [0.15, 0.2) is 0 Å². The molecule has 0 fully saturated rings. The third kappa shape index (κ3) is 8.16. The quantitative estimate of drug-likeness (QED) is 0.111. The van der Waals surface area contributed by atoms with Gasteiger partial charge in [-0.15, -0.1) is 0 Å². The topological polar surface area (TPSA) is 6.48 Å². The predicted octanol–water partition coefficient (Wildman–Crippen LogP) is 22.9. The smallest absolute Gasteiger partial charge is 0.252 e. The summed E-state index contributed by atoms with van der Waals surface area (Å²) in [4.78, 5) is 5.38. The van der Waals surface area contributed by atoms with E-state index in [1.54, 1.807) is 0 Å². The van der Waals surface area contributed by atoms with Gasteiger partial charge in [0.05, 0.1) is 11.4 Å². The summed E-state index contributed by atoms with van der Waals surface area (Å²) in [6.07, 6.45) is 0. The average Bonchev–Trinajstić information content (AvgIpc) is 0.693. The zero-order valence-electron chi connectivity index (χ0n) is 52.0. The molecule has 0 spiro atoms. The van der Waals surface area contributed by atoms with Crippen molar-refractivity contribution >= 4 is 122 Å². The summed E-state index contributed by atoms with van der Waals surface area (Å²) < 4.78 is 0. The van der Waals surface area contributed by atoms with Crippen LogP contribution in [-0.2, 0) is 5.41 Å². The highest BCUT2D eigenvalue weighted by Crippen LogP contribution is 2.55. The van der Waals surface area contributed by atoms with Gasteiger partial charge in [-0.2, -0.15) is 0 Å². The summed E-state index contributed by atoms with van der Waals surface area (Å²) >= 11 is 0. The Hall–Kier alpha value is -11.5. The highest BCUT2D eigenvalue weighted by Gasteiger charge is 2.46. The molecule has 2 aliphatic heterocycles. The molecule has 0 amide bonds. The molecular weight excluding hydrogens is 1120 g/mol. The fourth-order valence-electron chi connectivity index (χ4n) is 16.2. The molecule has 0 aliphatic carbocycles. The van der Waals surface area contributed by atoms with Crippen LogP contribution in [0.15, 0.2) is 315 Å². The SMILES string of the molecule is CC(C)(C)c1cc2c3c(c1)N(c1c(-c4ccccc4)cccc1-c1ccccc1)c1ccc(-c4ccc5ccc6cccc7ccc4c5c67)cc1B3c1cc(-c3ccc4ccc5cccc6ccc3c4c56)ccc1N2c1c(-c2ccccc2)cccc1-c1ccccc1. The van der Waals surface area contributed by atoms with Crippen molar-refractivity contribution in [2.45, 2.75) is 26.2 Å². The van der Waals surface area contributed by atoms with E-state index in [4.69, 9.17) is 0 Å². The molecule has 434 valence electrons. The van der Waals surface area contributed by atoms with Crippen LogP contribution in [-0.4, -0.2) is 6.71 Å². The molecule has 2 heterocycles. The lowest BCUT2D eigenvalue weighted by atomic mass is 9.33. The molecule has 0 aromatic heterocycles. The van der Waals surface area contributed by atoms with Gasteiger partial charge in [-0.05, 0) is 161 Å². The zero-order chi connectivity index (χ0) is 61.6. The molecule has 0 saturated carbocycles. The van der Waals surface area contributed by atoms with Gasteiger partial charge >= 0.3 is 0 Å². The van der Waals surface area contributed by atoms with Crippen LogP contribution in [0.2, 0.25) is 0 Å². The van der Waals surface area contributed by atoms with Crippen LogP contribution in [0.3, 0.4) is 0 Å². The molecule has 0 N–H and O–H groups in total. The van der Waals surface area contributed by atoms with Crippen molar-refractivity contribution in [3.8, 4) is 66.8 Å². The first-order chi connectivity index (χ1) is 45.8. The minimum absolute atomic E-state index is 0.228. The summed E-state index contributed by atoms with van der Waals surface area (Å²) in [7, 11) is 0. The molecule has 3 heteroatoms. The summed E-state index contributed by atoms with van der Waals surface area (Å²) in [6.45, 7) is 6.92. The maximum absolute atomic E-state index is 2.69. The molecule has 0 bridgehead atoms. The van der Waals surface area contributed by atoms with Crippen molar-refractivity contribution in [3.63, 3.8) is 0 Å². The Morgan fingerprint density at radius 3 is 0.925 bits per heavy atom. The van der Waals surface area contributed by atoms with Crippen LogP contribution in [0.1, 0.15) is 26.3 Å². The summed E-state index contributed by atoms with van der Waals surface area (Å²) in [5.74, 6) is 0. The number of rotatable bonds is 8. The fraction of sp³-hybridized carbons (Fsp3) is 0.0444. The second kappa shape index (κ2) is 20.5. The van der Waals surface area contributed by atoms with E-state index in [2.05, 4.69) is 346 Å². The number of fused-ring (bicyclic) bond motifs is 4. The molecule has 93 heavy (non-hydrogen) atoms. The summed E-state index contributed by atoms with van der Waals surface area (Å²) in [5.41, 5.74) is 25.9. The van der Waals surface area contributed by atoms with E-state index in [9.17, 15) is 0 Å². The Balaban J connectivity index is 0.976. The lowest BCUT2D eigenvalue weighted by Crippen LogP contribution is -2.61. The van der Waals surface area contributed by atoms with Crippen molar-refractivity contribution in [2.24, 2.45) is 0 Å². The minimum Gasteiger partial charge on any atom is -0.310 e. The van der Waals surface area contributed by atoms with Gasteiger partial charge < -0.3 is 9.80 Å². The van der Waals surface area contributed by atoms with E-state index >= 15 is 0 Å². The Kier molecular flexibility index (Phi) is 11.8. The normalized spacial score (nSPS) is 12.8. The number of anilines is 6. The van der Waals surface area contributed by atoms with E-state index in [-0.39, 0.29) is 12.1 Å². The highest BCUT2D eigenvalue weighted by molar-refractivity contribution is 7.00. The number of nitrogens with zero attached hydrogens (tertiary/aromatic N) is 2. The molecule has 0 unspecified atom stereocenters. The van der Waals surface area contributed by atoms with Gasteiger partial charge in [-0.1, -0.05) is 312 Å². The van der Waals surface area contributed by atoms with Crippen LogP contribution in [0, 0.1) is 0 Å². The summed E-state index contributed by atoms with van der Waals surface area (Å²) in [6, 6.07) is 120. The van der Waals surface area contributed by atoms with Gasteiger partial charge in [-0.25, -0.2) is 0 Å². The average molecular weight is 1180 g/mol. The monoisotopic (exact) mass is 1180 g/mol. The minimum atomic E-state index is -0.265. The standard InChI is InChI=1S/C90H61BN2/c1-90(2,3)68-54-81-87-82(55-68)93(89-73(58-24-12-6-13-25-58)34-19-35-74(89)59-26-14-7-15-27-59)80-51-45-67(70-47-41-65-39-37-61-29-17-31-63-43-49-76(70)86(65)84(61)63)53-78(80)91(87)77-52-66(69-46-40-64-38-36-60-28-16-30-62-42-48-75(69)85(64)83(60)62)44-50-79(77)92(81)88-71(56-20-8-4-9-21-56)32-18-33-72(88)57-22-10-5-11-23-57/h4-55H,1-3H3. The molecule has 0 radical (unpaired) electrons. The van der Waals surface area contributed by atoms with E-state index < -0.39 is 0 Å². The Morgan fingerprint density at radius 2 is 0.570 bits per heavy atom. The molecule has 2 aliphatic rings. The largest absolute Gasteiger partial charge is 0.310 e. The first kappa shape index (κ1) is 53.3. The molecule has 17 aromatic carbocycles. The lowest BCUT2D eigenvalue weighted by molar-refractivity contribution is 0.590. The van der Waals surface area contributed by atoms with E-state index in [0.29, 0.717) is 0 Å². The van der Waals surface area contributed by atoms with Crippen molar-refractivity contribution in [2.75, 3.05) is 9.80 Å². The first-order valence-electron chi connectivity index (χ1n) is 32.7. The Labute approximate surface area is 542 Å². The predicted molar refractivity (Wildman–Crippen MR) is 399 cm³/mol. The van der Waals surface area contributed by atoms with Gasteiger partial charge in [0.25, 0.3) is 6.71 Å². The fourth-order valence-corrected chi connectivity index (χ4v) is 16.2. The Bertz CT molecular complexity index is 5350. The third-order valence-electron chi connectivity index (χ3n) is 20.5. The zero-order valence-corrected chi connectivity index (χ0v) is 52.0. The van der Waals surface area contributed by atoms with Crippen LogP contribution in [0.5, 0.6) is 0 Å². The maximum atomic E-state index is 2.69.